The molecular formula is C13H17BrN4. The molecule has 2 aromatic rings. The highest BCUT2D eigenvalue weighted by Gasteiger charge is 2.16. The third kappa shape index (κ3) is 2.97. The Morgan fingerprint density at radius 2 is 2.17 bits per heavy atom. The Morgan fingerprint density at radius 3 is 2.78 bits per heavy atom. The highest BCUT2D eigenvalue weighted by molar-refractivity contribution is 9.10. The first kappa shape index (κ1) is 13.2. The molecule has 0 spiro atoms. The molecule has 0 saturated heterocycles. The van der Waals surface area contributed by atoms with Crippen molar-refractivity contribution in [3.05, 3.63) is 46.2 Å². The highest BCUT2D eigenvalue weighted by Crippen LogP contribution is 2.23. The second kappa shape index (κ2) is 6.11. The minimum Gasteiger partial charge on any atom is -0.309 e. The molecule has 96 valence electrons. The average Bonchev–Trinajstić information content (AvgIpc) is 2.78. The second-order valence-corrected chi connectivity index (χ2v) is 5.04. The Kier molecular flexibility index (Phi) is 4.49. The molecule has 0 aliphatic rings. The molecule has 0 radical (unpaired) electrons. The van der Waals surface area contributed by atoms with Gasteiger partial charge in [0.25, 0.3) is 0 Å². The normalized spacial score (nSPS) is 12.6. The zero-order valence-corrected chi connectivity index (χ0v) is 12.2. The molecule has 1 aromatic heterocycles. The number of aryl methyl sites for hydroxylation is 1. The topological polar surface area (TPSA) is 42.7 Å². The van der Waals surface area contributed by atoms with Crippen molar-refractivity contribution in [3.63, 3.8) is 0 Å². The maximum atomic E-state index is 4.00. The number of benzene rings is 1. The van der Waals surface area contributed by atoms with Gasteiger partial charge < -0.3 is 5.32 Å². The van der Waals surface area contributed by atoms with Crippen molar-refractivity contribution in [3.8, 4) is 0 Å². The van der Waals surface area contributed by atoms with Crippen LogP contribution in [0.3, 0.4) is 0 Å². The summed E-state index contributed by atoms with van der Waals surface area (Å²) in [5.74, 6) is 0. The van der Waals surface area contributed by atoms with E-state index >= 15 is 0 Å². The van der Waals surface area contributed by atoms with Crippen molar-refractivity contribution in [1.82, 2.24) is 20.3 Å². The van der Waals surface area contributed by atoms with Gasteiger partial charge in [-0.05, 0) is 24.6 Å². The van der Waals surface area contributed by atoms with E-state index in [1.165, 1.54) is 5.56 Å². The summed E-state index contributed by atoms with van der Waals surface area (Å²) < 4.78 is 2.97. The fraction of sp³-hybridized carbons (Fsp3) is 0.385. The van der Waals surface area contributed by atoms with Crippen LogP contribution in [0.2, 0.25) is 0 Å². The van der Waals surface area contributed by atoms with Crippen LogP contribution in [0.5, 0.6) is 0 Å². The number of hydrogen-bond acceptors (Lipinski definition) is 3. The van der Waals surface area contributed by atoms with Crippen LogP contribution in [-0.2, 0) is 13.5 Å². The van der Waals surface area contributed by atoms with Crippen LogP contribution in [0.15, 0.2) is 34.9 Å². The van der Waals surface area contributed by atoms with Gasteiger partial charge in [0.05, 0.1) is 17.9 Å². The van der Waals surface area contributed by atoms with Gasteiger partial charge in [-0.25, -0.2) is 0 Å². The fourth-order valence-electron chi connectivity index (χ4n) is 2.02. The third-order valence-corrected chi connectivity index (χ3v) is 3.71. The SMILES string of the molecule is CCNC(Cc1ccccc1Br)c1cnnn1C. The van der Waals surface area contributed by atoms with E-state index < -0.39 is 0 Å². The molecule has 0 aliphatic heterocycles. The van der Waals surface area contributed by atoms with Crippen molar-refractivity contribution in [1.29, 1.82) is 0 Å². The fourth-order valence-corrected chi connectivity index (χ4v) is 2.47. The maximum absolute atomic E-state index is 4.00. The lowest BCUT2D eigenvalue weighted by Crippen LogP contribution is -2.25. The van der Waals surface area contributed by atoms with Crippen molar-refractivity contribution >= 4 is 15.9 Å². The van der Waals surface area contributed by atoms with Crippen molar-refractivity contribution in [2.75, 3.05) is 6.54 Å². The van der Waals surface area contributed by atoms with Crippen LogP contribution in [0, 0.1) is 0 Å². The van der Waals surface area contributed by atoms with Crippen LogP contribution >= 0.6 is 15.9 Å². The summed E-state index contributed by atoms with van der Waals surface area (Å²) in [6.45, 7) is 3.02. The predicted molar refractivity (Wildman–Crippen MR) is 75.3 cm³/mol. The van der Waals surface area contributed by atoms with Gasteiger partial charge in [0.1, 0.15) is 0 Å². The molecule has 0 aliphatic carbocycles. The van der Waals surface area contributed by atoms with E-state index in [9.17, 15) is 0 Å². The summed E-state index contributed by atoms with van der Waals surface area (Å²) in [5.41, 5.74) is 2.39. The van der Waals surface area contributed by atoms with Crippen LogP contribution in [0.1, 0.15) is 24.2 Å². The van der Waals surface area contributed by atoms with Gasteiger partial charge >= 0.3 is 0 Å². The molecule has 18 heavy (non-hydrogen) atoms. The number of hydrogen-bond donors (Lipinski definition) is 1. The van der Waals surface area contributed by atoms with Gasteiger partial charge in [0, 0.05) is 11.5 Å². The van der Waals surface area contributed by atoms with Crippen LogP contribution in [0.25, 0.3) is 0 Å². The molecule has 1 unspecified atom stereocenters. The largest absolute Gasteiger partial charge is 0.309 e. The molecule has 1 heterocycles. The molecule has 5 heteroatoms. The molecular weight excluding hydrogens is 292 g/mol. The minimum absolute atomic E-state index is 0.230. The average molecular weight is 309 g/mol. The number of aromatic nitrogens is 3. The number of rotatable bonds is 5. The smallest absolute Gasteiger partial charge is 0.0756 e. The molecule has 0 bridgehead atoms. The Bertz CT molecular complexity index is 509. The lowest BCUT2D eigenvalue weighted by atomic mass is 10.0. The van der Waals surface area contributed by atoms with Gasteiger partial charge in [0.15, 0.2) is 0 Å². The molecule has 0 saturated carbocycles. The van der Waals surface area contributed by atoms with Gasteiger partial charge in [-0.1, -0.05) is 46.3 Å². The molecule has 0 fully saturated rings. The lowest BCUT2D eigenvalue weighted by molar-refractivity contribution is 0.505. The van der Waals surface area contributed by atoms with E-state index in [0.717, 1.165) is 23.1 Å². The Balaban J connectivity index is 2.22. The zero-order chi connectivity index (χ0) is 13.0. The van der Waals surface area contributed by atoms with E-state index in [-0.39, 0.29) is 6.04 Å². The first-order valence-corrected chi connectivity index (χ1v) is 6.83. The van der Waals surface area contributed by atoms with Crippen LogP contribution < -0.4 is 5.32 Å². The summed E-state index contributed by atoms with van der Waals surface area (Å²) >= 11 is 3.59. The molecule has 1 atom stereocenters. The van der Waals surface area contributed by atoms with E-state index in [0.29, 0.717) is 0 Å². The van der Waals surface area contributed by atoms with Crippen molar-refractivity contribution in [2.45, 2.75) is 19.4 Å². The summed E-state index contributed by atoms with van der Waals surface area (Å²) in [7, 11) is 1.92. The lowest BCUT2D eigenvalue weighted by Gasteiger charge is -2.18. The van der Waals surface area contributed by atoms with Gasteiger partial charge in [-0.15, -0.1) is 5.10 Å². The van der Waals surface area contributed by atoms with Gasteiger partial charge in [-0.2, -0.15) is 0 Å². The van der Waals surface area contributed by atoms with Crippen molar-refractivity contribution < 1.29 is 0 Å². The standard InChI is InChI=1S/C13H17BrN4/c1-3-15-12(13-9-16-17-18(13)2)8-10-6-4-5-7-11(10)14/h4-7,9,12,15H,3,8H2,1-2H3. The molecule has 0 amide bonds. The molecule has 4 nitrogen and oxygen atoms in total. The minimum atomic E-state index is 0.230. The maximum Gasteiger partial charge on any atom is 0.0756 e. The van der Waals surface area contributed by atoms with E-state index in [1.54, 1.807) is 0 Å². The predicted octanol–water partition coefficient (Wildman–Crippen LogP) is 2.47. The Labute approximate surface area is 116 Å². The monoisotopic (exact) mass is 308 g/mol. The second-order valence-electron chi connectivity index (χ2n) is 4.19. The summed E-state index contributed by atoms with van der Waals surface area (Å²) in [6, 6.07) is 8.53. The Morgan fingerprint density at radius 1 is 1.39 bits per heavy atom. The summed E-state index contributed by atoms with van der Waals surface area (Å²) in [4.78, 5) is 0. The number of nitrogens with zero attached hydrogens (tertiary/aromatic N) is 3. The number of likely N-dealkylation sites (N-methyl/N-ethyl adjacent to an activating group) is 1. The first-order chi connectivity index (χ1) is 8.72. The molecule has 2 rings (SSSR count). The van der Waals surface area contributed by atoms with Crippen molar-refractivity contribution in [2.24, 2.45) is 7.05 Å². The molecule has 1 aromatic carbocycles. The Hall–Kier alpha value is -1.20. The quantitative estimate of drug-likeness (QED) is 0.922. The van der Waals surface area contributed by atoms with E-state index in [1.807, 2.05) is 24.0 Å². The highest BCUT2D eigenvalue weighted by atomic mass is 79.9. The molecule has 1 N–H and O–H groups in total. The summed E-state index contributed by atoms with van der Waals surface area (Å²) in [6.07, 6.45) is 2.74. The van der Waals surface area contributed by atoms with Crippen LogP contribution in [0.4, 0.5) is 0 Å². The van der Waals surface area contributed by atoms with Gasteiger partial charge in [-0.3, -0.25) is 4.68 Å². The third-order valence-electron chi connectivity index (χ3n) is 2.94. The van der Waals surface area contributed by atoms with E-state index in [4.69, 9.17) is 0 Å². The zero-order valence-electron chi connectivity index (χ0n) is 10.6. The number of halogens is 1. The number of nitrogens with one attached hydrogen (secondary N) is 1. The summed E-state index contributed by atoms with van der Waals surface area (Å²) in [5, 5.41) is 11.4. The van der Waals surface area contributed by atoms with Crippen LogP contribution in [-0.4, -0.2) is 21.5 Å². The van der Waals surface area contributed by atoms with Gasteiger partial charge in [0.2, 0.25) is 0 Å². The van der Waals surface area contributed by atoms with E-state index in [2.05, 4.69) is 56.7 Å². The first-order valence-electron chi connectivity index (χ1n) is 6.03.